The van der Waals surface area contributed by atoms with Crippen molar-refractivity contribution in [3.63, 3.8) is 0 Å². The standard InChI is InChI=1S/C25H31ClN2O4/c1-16(2)22(28-23(30)18-8-10-19(11-9-18)25(3,4)5)24(31)32-15-21(29)27-14-17-6-12-20(26)13-7-17/h6-13,16,22H,14-15H2,1-5H3,(H,27,29)(H,28,30). The highest BCUT2D eigenvalue weighted by Crippen LogP contribution is 2.22. The Balaban J connectivity index is 1.89. The highest BCUT2D eigenvalue weighted by Gasteiger charge is 2.27. The molecule has 2 N–H and O–H groups in total. The predicted octanol–water partition coefficient (Wildman–Crippen LogP) is 4.25. The van der Waals surface area contributed by atoms with E-state index in [4.69, 9.17) is 16.3 Å². The number of amides is 2. The van der Waals surface area contributed by atoms with Gasteiger partial charge < -0.3 is 15.4 Å². The molecule has 2 aromatic rings. The molecule has 0 saturated carbocycles. The van der Waals surface area contributed by atoms with E-state index >= 15 is 0 Å². The third-order valence-corrected chi connectivity index (χ3v) is 5.22. The highest BCUT2D eigenvalue weighted by atomic mass is 35.5. The number of nitrogens with one attached hydrogen (secondary N) is 2. The van der Waals surface area contributed by atoms with Crippen LogP contribution in [0.25, 0.3) is 0 Å². The van der Waals surface area contributed by atoms with Crippen LogP contribution < -0.4 is 10.6 Å². The fraction of sp³-hybridized carbons (Fsp3) is 0.400. The van der Waals surface area contributed by atoms with Crippen molar-refractivity contribution in [3.05, 3.63) is 70.2 Å². The van der Waals surface area contributed by atoms with E-state index < -0.39 is 24.5 Å². The minimum absolute atomic E-state index is 0.0204. The summed E-state index contributed by atoms with van der Waals surface area (Å²) in [5.74, 6) is -1.66. The molecule has 6 nitrogen and oxygen atoms in total. The first kappa shape index (κ1) is 25.4. The van der Waals surface area contributed by atoms with Crippen LogP contribution in [0.1, 0.15) is 56.1 Å². The SMILES string of the molecule is CC(C)C(NC(=O)c1ccc(C(C)(C)C)cc1)C(=O)OCC(=O)NCc1ccc(Cl)cc1. The summed E-state index contributed by atoms with van der Waals surface area (Å²) >= 11 is 5.84. The van der Waals surface area contributed by atoms with Gasteiger partial charge in [-0.15, -0.1) is 0 Å². The van der Waals surface area contributed by atoms with Crippen LogP contribution >= 0.6 is 11.6 Å². The van der Waals surface area contributed by atoms with E-state index in [1.165, 1.54) is 0 Å². The average molecular weight is 459 g/mol. The number of hydrogen-bond donors (Lipinski definition) is 2. The second kappa shape index (κ2) is 11.1. The van der Waals surface area contributed by atoms with Gasteiger partial charge in [0.1, 0.15) is 6.04 Å². The molecule has 0 saturated heterocycles. The first-order chi connectivity index (χ1) is 15.0. The minimum atomic E-state index is -0.867. The third kappa shape index (κ3) is 7.68. The lowest BCUT2D eigenvalue weighted by molar-refractivity contribution is -0.151. The van der Waals surface area contributed by atoms with Crippen LogP contribution in [0.15, 0.2) is 48.5 Å². The molecule has 2 aromatic carbocycles. The first-order valence-corrected chi connectivity index (χ1v) is 10.9. The molecule has 0 aliphatic heterocycles. The smallest absolute Gasteiger partial charge is 0.329 e. The van der Waals surface area contributed by atoms with Gasteiger partial charge in [0.2, 0.25) is 0 Å². The molecule has 0 aliphatic rings. The summed E-state index contributed by atoms with van der Waals surface area (Å²) in [5.41, 5.74) is 2.42. The molecule has 0 radical (unpaired) electrons. The van der Waals surface area contributed by atoms with Crippen molar-refractivity contribution < 1.29 is 19.1 Å². The van der Waals surface area contributed by atoms with Crippen LogP contribution in [-0.2, 0) is 26.3 Å². The molecule has 1 unspecified atom stereocenters. The molecule has 0 fully saturated rings. The zero-order chi connectivity index (χ0) is 23.9. The number of ether oxygens (including phenoxy) is 1. The molecular weight excluding hydrogens is 428 g/mol. The summed E-state index contributed by atoms with van der Waals surface area (Å²) in [4.78, 5) is 37.2. The third-order valence-electron chi connectivity index (χ3n) is 4.97. The van der Waals surface area contributed by atoms with E-state index in [0.717, 1.165) is 11.1 Å². The maximum Gasteiger partial charge on any atom is 0.329 e. The second-order valence-corrected chi connectivity index (χ2v) is 9.47. The van der Waals surface area contributed by atoms with Gasteiger partial charge >= 0.3 is 5.97 Å². The number of benzene rings is 2. The molecule has 172 valence electrons. The molecule has 1 atom stereocenters. The van der Waals surface area contributed by atoms with E-state index in [9.17, 15) is 14.4 Å². The largest absolute Gasteiger partial charge is 0.454 e. The van der Waals surface area contributed by atoms with Gasteiger partial charge in [0.05, 0.1) is 0 Å². The fourth-order valence-corrected chi connectivity index (χ4v) is 3.05. The van der Waals surface area contributed by atoms with Gasteiger partial charge in [-0.25, -0.2) is 4.79 Å². The Kier molecular flexibility index (Phi) is 8.84. The first-order valence-electron chi connectivity index (χ1n) is 10.6. The summed E-state index contributed by atoms with van der Waals surface area (Å²) in [6.45, 7) is 9.76. The fourth-order valence-electron chi connectivity index (χ4n) is 2.92. The van der Waals surface area contributed by atoms with Crippen molar-refractivity contribution in [1.29, 1.82) is 0 Å². The van der Waals surface area contributed by atoms with Gasteiger partial charge in [-0.1, -0.05) is 70.5 Å². The van der Waals surface area contributed by atoms with Crippen molar-refractivity contribution in [3.8, 4) is 0 Å². The van der Waals surface area contributed by atoms with E-state index in [1.54, 1.807) is 50.2 Å². The van der Waals surface area contributed by atoms with E-state index in [0.29, 0.717) is 17.1 Å². The molecular formula is C25H31ClN2O4. The van der Waals surface area contributed by atoms with Crippen molar-refractivity contribution in [2.45, 2.75) is 52.6 Å². The van der Waals surface area contributed by atoms with Crippen LogP contribution in [0.4, 0.5) is 0 Å². The number of carbonyl (C=O) groups is 3. The normalized spacial score (nSPS) is 12.2. The zero-order valence-corrected chi connectivity index (χ0v) is 20.0. The maximum atomic E-state index is 12.6. The summed E-state index contributed by atoms with van der Waals surface area (Å²) in [5, 5.41) is 6.01. The Bertz CT molecular complexity index is 932. The molecule has 2 rings (SSSR count). The van der Waals surface area contributed by atoms with Gasteiger partial charge in [-0.3, -0.25) is 9.59 Å². The lowest BCUT2D eigenvalue weighted by Crippen LogP contribution is -2.46. The summed E-state index contributed by atoms with van der Waals surface area (Å²) in [6, 6.07) is 13.5. The number of halogens is 1. The Morgan fingerprint density at radius 1 is 0.969 bits per heavy atom. The summed E-state index contributed by atoms with van der Waals surface area (Å²) in [6.07, 6.45) is 0. The van der Waals surface area contributed by atoms with Crippen molar-refractivity contribution in [1.82, 2.24) is 10.6 Å². The highest BCUT2D eigenvalue weighted by molar-refractivity contribution is 6.30. The molecule has 7 heteroatoms. The van der Waals surface area contributed by atoms with Gasteiger partial charge in [0, 0.05) is 17.1 Å². The Morgan fingerprint density at radius 3 is 2.09 bits per heavy atom. The van der Waals surface area contributed by atoms with E-state index in [1.807, 2.05) is 12.1 Å². The minimum Gasteiger partial charge on any atom is -0.454 e. The molecule has 0 aliphatic carbocycles. The van der Waals surface area contributed by atoms with Gasteiger partial charge in [-0.2, -0.15) is 0 Å². The number of esters is 1. The van der Waals surface area contributed by atoms with Crippen LogP contribution in [0.2, 0.25) is 5.02 Å². The predicted molar refractivity (Wildman–Crippen MR) is 125 cm³/mol. The lowest BCUT2D eigenvalue weighted by atomic mass is 9.86. The van der Waals surface area contributed by atoms with Crippen molar-refractivity contribution in [2.75, 3.05) is 6.61 Å². The van der Waals surface area contributed by atoms with E-state index in [2.05, 4.69) is 31.4 Å². The van der Waals surface area contributed by atoms with Gasteiger partial charge in [-0.05, 0) is 46.7 Å². The number of carbonyl (C=O) groups excluding carboxylic acids is 3. The zero-order valence-electron chi connectivity index (χ0n) is 19.2. The second-order valence-electron chi connectivity index (χ2n) is 9.03. The Labute approximate surface area is 194 Å². The maximum absolute atomic E-state index is 12.6. The average Bonchev–Trinajstić information content (AvgIpc) is 2.74. The Morgan fingerprint density at radius 2 is 1.56 bits per heavy atom. The summed E-state index contributed by atoms with van der Waals surface area (Å²) in [7, 11) is 0. The lowest BCUT2D eigenvalue weighted by Gasteiger charge is -2.22. The molecule has 0 aromatic heterocycles. The number of hydrogen-bond acceptors (Lipinski definition) is 4. The van der Waals surface area contributed by atoms with Gasteiger partial charge in [0.25, 0.3) is 11.8 Å². The van der Waals surface area contributed by atoms with Crippen LogP contribution in [0.3, 0.4) is 0 Å². The Hall–Kier alpha value is -2.86. The van der Waals surface area contributed by atoms with Crippen LogP contribution in [-0.4, -0.2) is 30.4 Å². The van der Waals surface area contributed by atoms with E-state index in [-0.39, 0.29) is 17.2 Å². The molecule has 2 amide bonds. The van der Waals surface area contributed by atoms with Gasteiger partial charge in [0.15, 0.2) is 6.61 Å². The van der Waals surface area contributed by atoms with Crippen LogP contribution in [0, 0.1) is 5.92 Å². The van der Waals surface area contributed by atoms with Crippen LogP contribution in [0.5, 0.6) is 0 Å². The topological polar surface area (TPSA) is 84.5 Å². The van der Waals surface area contributed by atoms with Crippen molar-refractivity contribution in [2.24, 2.45) is 5.92 Å². The molecule has 0 spiro atoms. The number of rotatable bonds is 8. The quantitative estimate of drug-likeness (QED) is 0.579. The summed E-state index contributed by atoms with van der Waals surface area (Å²) < 4.78 is 5.15. The molecule has 0 heterocycles. The monoisotopic (exact) mass is 458 g/mol. The molecule has 0 bridgehead atoms. The van der Waals surface area contributed by atoms with Crippen molar-refractivity contribution >= 4 is 29.4 Å². The molecule has 32 heavy (non-hydrogen) atoms.